The molecule has 3 aliphatic rings. The summed E-state index contributed by atoms with van der Waals surface area (Å²) in [7, 11) is 2.17. The SMILES string of the molecule is CN1CCc2ccc(N3CCN(C4CCC(N(CC(=O)O)Cc5ccccc5)CC4)C3=O)cc2CC1. The number of anilines is 1. The lowest BCUT2D eigenvalue weighted by Crippen LogP contribution is -2.46. The van der Waals surface area contributed by atoms with E-state index in [1.807, 2.05) is 23.1 Å². The second-order valence-electron chi connectivity index (χ2n) is 10.6. The van der Waals surface area contributed by atoms with Gasteiger partial charge in [-0.15, -0.1) is 0 Å². The van der Waals surface area contributed by atoms with Gasteiger partial charge < -0.3 is 14.9 Å². The second kappa shape index (κ2) is 11.0. The maximum Gasteiger partial charge on any atom is 0.324 e. The van der Waals surface area contributed by atoms with Gasteiger partial charge in [0.25, 0.3) is 0 Å². The zero-order valence-electron chi connectivity index (χ0n) is 21.3. The molecule has 2 aromatic carbocycles. The number of hydrogen-bond acceptors (Lipinski definition) is 4. The van der Waals surface area contributed by atoms with E-state index in [0.29, 0.717) is 6.54 Å². The van der Waals surface area contributed by atoms with Gasteiger partial charge in [-0.25, -0.2) is 4.79 Å². The van der Waals surface area contributed by atoms with E-state index in [1.54, 1.807) is 0 Å². The molecule has 1 saturated heterocycles. The Morgan fingerprint density at radius 2 is 1.67 bits per heavy atom. The minimum atomic E-state index is -0.786. The van der Waals surface area contributed by atoms with Crippen molar-refractivity contribution in [3.8, 4) is 0 Å². The van der Waals surface area contributed by atoms with E-state index in [4.69, 9.17) is 0 Å². The van der Waals surface area contributed by atoms with Gasteiger partial charge in [0.2, 0.25) is 0 Å². The van der Waals surface area contributed by atoms with Crippen molar-refractivity contribution >= 4 is 17.7 Å². The molecule has 0 spiro atoms. The molecule has 0 unspecified atom stereocenters. The number of carboxylic acid groups (broad SMARTS) is 1. The zero-order chi connectivity index (χ0) is 25.1. The Balaban J connectivity index is 1.20. The molecule has 0 atom stereocenters. The van der Waals surface area contributed by atoms with Gasteiger partial charge in [-0.05, 0) is 74.4 Å². The summed E-state index contributed by atoms with van der Waals surface area (Å²) < 4.78 is 0. The fraction of sp³-hybridized carbons (Fsp3) is 0.517. The van der Waals surface area contributed by atoms with E-state index in [0.717, 1.165) is 76.0 Å². The molecular weight excluding hydrogens is 452 g/mol. The van der Waals surface area contributed by atoms with E-state index in [2.05, 4.69) is 52.1 Å². The summed E-state index contributed by atoms with van der Waals surface area (Å²) in [5, 5.41) is 9.49. The molecule has 7 nitrogen and oxygen atoms in total. The number of aliphatic carboxylic acids is 1. The van der Waals surface area contributed by atoms with Gasteiger partial charge in [-0.2, -0.15) is 0 Å². The molecule has 0 bridgehead atoms. The molecule has 2 aliphatic heterocycles. The van der Waals surface area contributed by atoms with Gasteiger partial charge in [-0.1, -0.05) is 36.4 Å². The molecule has 36 heavy (non-hydrogen) atoms. The molecule has 1 N–H and O–H groups in total. The second-order valence-corrected chi connectivity index (χ2v) is 10.6. The lowest BCUT2D eigenvalue weighted by molar-refractivity contribution is -0.139. The highest BCUT2D eigenvalue weighted by Gasteiger charge is 2.37. The standard InChI is InChI=1S/C29H38N4O3/c1-30-15-13-23-7-8-27(19-24(23)14-16-30)33-18-17-32(29(33)36)26-11-9-25(10-12-26)31(21-28(34)35)20-22-5-3-2-4-6-22/h2-8,19,25-26H,9-18,20-21H2,1H3,(H,34,35). The fourth-order valence-electron chi connectivity index (χ4n) is 6.16. The number of urea groups is 1. The normalized spacial score (nSPS) is 23.1. The largest absolute Gasteiger partial charge is 0.480 e. The molecule has 0 radical (unpaired) electrons. The van der Waals surface area contributed by atoms with Gasteiger partial charge in [0.05, 0.1) is 6.54 Å². The predicted octanol–water partition coefficient (Wildman–Crippen LogP) is 3.86. The minimum Gasteiger partial charge on any atom is -0.480 e. The third-order valence-electron chi connectivity index (χ3n) is 8.26. The van der Waals surface area contributed by atoms with Gasteiger partial charge in [0, 0.05) is 50.5 Å². The van der Waals surface area contributed by atoms with Crippen molar-refractivity contribution in [1.29, 1.82) is 0 Å². The molecule has 1 aliphatic carbocycles. The lowest BCUT2D eigenvalue weighted by atomic mass is 9.89. The Kier molecular flexibility index (Phi) is 7.58. The number of hydrogen-bond donors (Lipinski definition) is 1. The van der Waals surface area contributed by atoms with Crippen molar-refractivity contribution < 1.29 is 14.7 Å². The first kappa shape index (κ1) is 24.8. The van der Waals surface area contributed by atoms with Crippen molar-refractivity contribution in [2.75, 3.05) is 44.7 Å². The van der Waals surface area contributed by atoms with Gasteiger partial charge in [-0.3, -0.25) is 14.6 Å². The summed E-state index contributed by atoms with van der Waals surface area (Å²) >= 11 is 0. The molecule has 5 rings (SSSR count). The van der Waals surface area contributed by atoms with Crippen LogP contribution in [0.4, 0.5) is 10.5 Å². The predicted molar refractivity (Wildman–Crippen MR) is 141 cm³/mol. The molecule has 2 fully saturated rings. The Morgan fingerprint density at radius 1 is 0.944 bits per heavy atom. The molecule has 2 amide bonds. The summed E-state index contributed by atoms with van der Waals surface area (Å²) in [4.78, 5) is 33.5. The smallest absolute Gasteiger partial charge is 0.324 e. The van der Waals surface area contributed by atoms with E-state index in [9.17, 15) is 14.7 Å². The Morgan fingerprint density at radius 3 is 2.39 bits per heavy atom. The summed E-state index contributed by atoms with van der Waals surface area (Å²) in [5.74, 6) is -0.786. The van der Waals surface area contributed by atoms with E-state index in [1.165, 1.54) is 11.1 Å². The van der Waals surface area contributed by atoms with E-state index < -0.39 is 5.97 Å². The number of carboxylic acids is 1. The maximum atomic E-state index is 13.5. The zero-order valence-corrected chi connectivity index (χ0v) is 21.3. The average molecular weight is 491 g/mol. The molecule has 0 aromatic heterocycles. The third-order valence-corrected chi connectivity index (χ3v) is 8.26. The lowest BCUT2D eigenvalue weighted by Gasteiger charge is -2.39. The number of carbonyl (C=O) groups is 2. The maximum absolute atomic E-state index is 13.5. The van der Waals surface area contributed by atoms with Crippen molar-refractivity contribution in [2.24, 2.45) is 0 Å². The monoisotopic (exact) mass is 490 g/mol. The van der Waals surface area contributed by atoms with Crippen molar-refractivity contribution in [3.05, 3.63) is 65.2 Å². The number of fused-ring (bicyclic) bond motifs is 1. The van der Waals surface area contributed by atoms with Gasteiger partial charge in [0.15, 0.2) is 0 Å². The number of carbonyl (C=O) groups excluding carboxylic acids is 1. The Bertz CT molecular complexity index is 1070. The van der Waals surface area contributed by atoms with Crippen LogP contribution >= 0.6 is 0 Å². The van der Waals surface area contributed by atoms with Crippen LogP contribution in [0, 0.1) is 0 Å². The summed E-state index contributed by atoms with van der Waals surface area (Å²) in [6, 6.07) is 17.2. The van der Waals surface area contributed by atoms with E-state index >= 15 is 0 Å². The molecular formula is C29H38N4O3. The number of nitrogens with zero attached hydrogens (tertiary/aromatic N) is 4. The fourth-order valence-corrected chi connectivity index (χ4v) is 6.16. The van der Waals surface area contributed by atoms with E-state index in [-0.39, 0.29) is 24.7 Å². The van der Waals surface area contributed by atoms with Crippen LogP contribution in [0.15, 0.2) is 48.5 Å². The summed E-state index contributed by atoms with van der Waals surface area (Å²) in [5.41, 5.74) is 4.94. The van der Waals surface area contributed by atoms with Crippen LogP contribution in [-0.4, -0.2) is 83.7 Å². The van der Waals surface area contributed by atoms with Crippen LogP contribution in [0.1, 0.15) is 42.4 Å². The summed E-state index contributed by atoms with van der Waals surface area (Å²) in [6.45, 7) is 4.33. The minimum absolute atomic E-state index is 0.0504. The first-order valence-electron chi connectivity index (χ1n) is 13.4. The van der Waals surface area contributed by atoms with Crippen LogP contribution in [-0.2, 0) is 24.2 Å². The number of benzene rings is 2. The molecule has 7 heteroatoms. The topological polar surface area (TPSA) is 67.3 Å². The van der Waals surface area contributed by atoms with Crippen LogP contribution in [0.5, 0.6) is 0 Å². The first-order chi connectivity index (χ1) is 17.5. The Labute approximate surface area is 214 Å². The van der Waals surface area contributed by atoms with Crippen molar-refractivity contribution in [1.82, 2.24) is 14.7 Å². The van der Waals surface area contributed by atoms with Crippen LogP contribution in [0.2, 0.25) is 0 Å². The highest BCUT2D eigenvalue weighted by Crippen LogP contribution is 2.32. The average Bonchev–Trinajstić information content (AvgIpc) is 3.17. The number of likely N-dealkylation sites (N-methyl/N-ethyl adjacent to an activating group) is 1. The highest BCUT2D eigenvalue weighted by molar-refractivity contribution is 5.94. The number of rotatable bonds is 7. The number of amides is 2. The molecule has 2 aromatic rings. The molecule has 2 heterocycles. The van der Waals surface area contributed by atoms with Crippen molar-refractivity contribution in [2.45, 2.75) is 57.2 Å². The van der Waals surface area contributed by atoms with Gasteiger partial charge in [0.1, 0.15) is 0 Å². The quantitative estimate of drug-likeness (QED) is 0.639. The molecule has 192 valence electrons. The van der Waals surface area contributed by atoms with Crippen molar-refractivity contribution in [3.63, 3.8) is 0 Å². The first-order valence-corrected chi connectivity index (χ1v) is 13.4. The summed E-state index contributed by atoms with van der Waals surface area (Å²) in [6.07, 6.45) is 5.78. The Hall–Kier alpha value is -2.90. The van der Waals surface area contributed by atoms with Crippen LogP contribution in [0.25, 0.3) is 0 Å². The van der Waals surface area contributed by atoms with Crippen LogP contribution in [0.3, 0.4) is 0 Å². The van der Waals surface area contributed by atoms with Crippen LogP contribution < -0.4 is 4.90 Å². The third kappa shape index (κ3) is 5.57. The molecule has 1 saturated carbocycles. The highest BCUT2D eigenvalue weighted by atomic mass is 16.4. The van der Waals surface area contributed by atoms with Gasteiger partial charge >= 0.3 is 12.0 Å².